The Labute approximate surface area is 95.6 Å². The Bertz CT molecular complexity index is 264. The molecule has 15 heavy (non-hydrogen) atoms. The van der Waals surface area contributed by atoms with Crippen molar-refractivity contribution in [3.8, 4) is 0 Å². The summed E-state index contributed by atoms with van der Waals surface area (Å²) in [5.74, 6) is 3.09. The van der Waals surface area contributed by atoms with Crippen molar-refractivity contribution in [2.75, 3.05) is 31.8 Å². The second kappa shape index (κ2) is 7.54. The van der Waals surface area contributed by atoms with Crippen molar-refractivity contribution >= 4 is 17.6 Å². The van der Waals surface area contributed by atoms with Gasteiger partial charge in [0.25, 0.3) is 0 Å². The van der Waals surface area contributed by atoms with Crippen LogP contribution in [0.5, 0.6) is 0 Å². The van der Waals surface area contributed by atoms with Gasteiger partial charge in [-0.25, -0.2) is 4.98 Å². The van der Waals surface area contributed by atoms with Gasteiger partial charge in [-0.2, -0.15) is 11.8 Å². The third kappa shape index (κ3) is 5.04. The maximum atomic E-state index is 4.99. The molecule has 1 N–H and O–H groups in total. The fourth-order valence-electron chi connectivity index (χ4n) is 1.15. The van der Waals surface area contributed by atoms with Crippen LogP contribution in [0.3, 0.4) is 0 Å². The van der Waals surface area contributed by atoms with Crippen LogP contribution in [0.15, 0.2) is 18.3 Å². The summed E-state index contributed by atoms with van der Waals surface area (Å²) in [6.45, 7) is 0.851. The number of anilines is 1. The van der Waals surface area contributed by atoms with Crippen LogP contribution in [0.2, 0.25) is 0 Å². The molecule has 0 radical (unpaired) electrons. The van der Waals surface area contributed by atoms with Crippen molar-refractivity contribution in [1.29, 1.82) is 0 Å². The molecule has 0 fully saturated rings. The first-order chi connectivity index (χ1) is 7.36. The Hall–Kier alpha value is -0.740. The average Bonchev–Trinajstić information content (AvgIpc) is 2.30. The topological polar surface area (TPSA) is 34.1 Å². The first-order valence-corrected chi connectivity index (χ1v) is 6.21. The van der Waals surface area contributed by atoms with E-state index in [1.807, 2.05) is 31.1 Å². The van der Waals surface area contributed by atoms with E-state index in [0.29, 0.717) is 0 Å². The minimum atomic E-state index is 0.851. The van der Waals surface area contributed by atoms with Crippen LogP contribution in [-0.2, 0) is 10.5 Å². The van der Waals surface area contributed by atoms with Crippen molar-refractivity contribution in [2.45, 2.75) is 12.2 Å². The molecule has 0 aliphatic rings. The third-order valence-corrected chi connectivity index (χ3v) is 3.10. The fraction of sp³-hybridized carbons (Fsp3) is 0.545. The Morgan fingerprint density at radius 2 is 2.33 bits per heavy atom. The number of thioether (sulfide) groups is 1. The summed E-state index contributed by atoms with van der Waals surface area (Å²) in [4.78, 5) is 4.26. The van der Waals surface area contributed by atoms with Gasteiger partial charge in [-0.3, -0.25) is 0 Å². The molecule has 0 saturated carbocycles. The number of ether oxygens (including phenoxy) is 1. The standard InChI is InChI=1S/C11H18N2OS/c1-12-11-5-4-10(8-13-11)9-15-7-3-6-14-2/h4-5,8H,3,6-7,9H2,1-2H3,(H,12,13). The molecule has 0 spiro atoms. The monoisotopic (exact) mass is 226 g/mol. The maximum absolute atomic E-state index is 4.99. The zero-order valence-corrected chi connectivity index (χ0v) is 10.1. The summed E-state index contributed by atoms with van der Waals surface area (Å²) in [5, 5.41) is 3.00. The van der Waals surface area contributed by atoms with Gasteiger partial charge in [-0.1, -0.05) is 6.07 Å². The molecule has 3 nitrogen and oxygen atoms in total. The molecule has 0 aliphatic heterocycles. The average molecular weight is 226 g/mol. The summed E-state index contributed by atoms with van der Waals surface area (Å²) in [7, 11) is 3.62. The zero-order chi connectivity index (χ0) is 10.9. The van der Waals surface area contributed by atoms with Gasteiger partial charge in [0.2, 0.25) is 0 Å². The molecule has 0 aromatic carbocycles. The molecular formula is C11H18N2OS. The molecule has 1 rings (SSSR count). The highest BCUT2D eigenvalue weighted by Gasteiger charge is 1.95. The Kier molecular flexibility index (Phi) is 6.20. The second-order valence-corrected chi connectivity index (χ2v) is 4.31. The molecule has 0 saturated heterocycles. The quantitative estimate of drug-likeness (QED) is 0.724. The molecule has 84 valence electrons. The molecule has 4 heteroatoms. The highest BCUT2D eigenvalue weighted by molar-refractivity contribution is 7.98. The van der Waals surface area contributed by atoms with Crippen LogP contribution in [0.4, 0.5) is 5.82 Å². The Morgan fingerprint density at radius 3 is 2.93 bits per heavy atom. The zero-order valence-electron chi connectivity index (χ0n) is 9.32. The van der Waals surface area contributed by atoms with E-state index in [2.05, 4.69) is 16.4 Å². The van der Waals surface area contributed by atoms with Crippen molar-refractivity contribution in [2.24, 2.45) is 0 Å². The van der Waals surface area contributed by atoms with Gasteiger partial charge in [0.1, 0.15) is 5.82 Å². The molecule has 0 bridgehead atoms. The van der Waals surface area contributed by atoms with E-state index in [4.69, 9.17) is 4.74 Å². The number of hydrogen-bond acceptors (Lipinski definition) is 4. The normalized spacial score (nSPS) is 10.3. The smallest absolute Gasteiger partial charge is 0.125 e. The van der Waals surface area contributed by atoms with E-state index >= 15 is 0 Å². The van der Waals surface area contributed by atoms with E-state index in [1.165, 1.54) is 5.56 Å². The summed E-state index contributed by atoms with van der Waals surface area (Å²) in [5.41, 5.74) is 1.27. The van der Waals surface area contributed by atoms with E-state index in [1.54, 1.807) is 7.11 Å². The number of rotatable bonds is 7. The fourth-order valence-corrected chi connectivity index (χ4v) is 2.03. The minimum absolute atomic E-state index is 0.851. The van der Waals surface area contributed by atoms with Crippen LogP contribution in [0.1, 0.15) is 12.0 Å². The SMILES string of the molecule is CNc1ccc(CSCCCOC)cn1. The maximum Gasteiger partial charge on any atom is 0.125 e. The Balaban J connectivity index is 2.20. The van der Waals surface area contributed by atoms with Gasteiger partial charge in [0.05, 0.1) is 0 Å². The van der Waals surface area contributed by atoms with Gasteiger partial charge < -0.3 is 10.1 Å². The van der Waals surface area contributed by atoms with Crippen LogP contribution in [0, 0.1) is 0 Å². The lowest BCUT2D eigenvalue weighted by atomic mass is 10.3. The van der Waals surface area contributed by atoms with Crippen LogP contribution >= 0.6 is 11.8 Å². The predicted molar refractivity (Wildman–Crippen MR) is 66.4 cm³/mol. The molecular weight excluding hydrogens is 208 g/mol. The lowest BCUT2D eigenvalue weighted by Gasteiger charge is -2.03. The highest BCUT2D eigenvalue weighted by atomic mass is 32.2. The Morgan fingerprint density at radius 1 is 1.47 bits per heavy atom. The van der Waals surface area contributed by atoms with Gasteiger partial charge in [-0.05, 0) is 23.8 Å². The highest BCUT2D eigenvalue weighted by Crippen LogP contribution is 2.13. The van der Waals surface area contributed by atoms with E-state index < -0.39 is 0 Å². The molecule has 0 unspecified atom stereocenters. The molecule has 0 aliphatic carbocycles. The number of pyridine rings is 1. The molecule has 1 aromatic rings. The van der Waals surface area contributed by atoms with Crippen molar-refractivity contribution < 1.29 is 4.74 Å². The molecule has 1 aromatic heterocycles. The number of hydrogen-bond donors (Lipinski definition) is 1. The summed E-state index contributed by atoms with van der Waals surface area (Å²) < 4.78 is 4.99. The lowest BCUT2D eigenvalue weighted by molar-refractivity contribution is 0.200. The van der Waals surface area contributed by atoms with E-state index in [-0.39, 0.29) is 0 Å². The summed E-state index contributed by atoms with van der Waals surface area (Å²) in [6.07, 6.45) is 3.04. The molecule has 1 heterocycles. The molecule has 0 amide bonds. The number of nitrogens with zero attached hydrogens (tertiary/aromatic N) is 1. The second-order valence-electron chi connectivity index (χ2n) is 3.20. The van der Waals surface area contributed by atoms with Crippen molar-refractivity contribution in [1.82, 2.24) is 4.98 Å². The summed E-state index contributed by atoms with van der Waals surface area (Å²) >= 11 is 1.92. The third-order valence-electron chi connectivity index (χ3n) is 1.99. The van der Waals surface area contributed by atoms with Crippen LogP contribution in [0.25, 0.3) is 0 Å². The number of nitrogens with one attached hydrogen (secondary N) is 1. The lowest BCUT2D eigenvalue weighted by Crippen LogP contribution is -1.93. The van der Waals surface area contributed by atoms with E-state index in [0.717, 1.165) is 30.4 Å². The predicted octanol–water partition coefficient (Wildman–Crippen LogP) is 2.39. The van der Waals surface area contributed by atoms with Crippen molar-refractivity contribution in [3.63, 3.8) is 0 Å². The first-order valence-electron chi connectivity index (χ1n) is 5.06. The van der Waals surface area contributed by atoms with E-state index in [9.17, 15) is 0 Å². The number of aromatic nitrogens is 1. The van der Waals surface area contributed by atoms with Gasteiger partial charge in [0, 0.05) is 32.7 Å². The largest absolute Gasteiger partial charge is 0.385 e. The molecule has 0 atom stereocenters. The van der Waals surface area contributed by atoms with Gasteiger partial charge >= 0.3 is 0 Å². The summed E-state index contributed by atoms with van der Waals surface area (Å²) in [6, 6.07) is 4.12. The van der Waals surface area contributed by atoms with Crippen LogP contribution < -0.4 is 5.32 Å². The minimum Gasteiger partial charge on any atom is -0.385 e. The first kappa shape index (κ1) is 12.3. The number of methoxy groups -OCH3 is 1. The van der Waals surface area contributed by atoms with Crippen molar-refractivity contribution in [3.05, 3.63) is 23.9 Å². The van der Waals surface area contributed by atoms with Gasteiger partial charge in [0.15, 0.2) is 0 Å². The van der Waals surface area contributed by atoms with Crippen LogP contribution in [-0.4, -0.2) is 31.5 Å². The van der Waals surface area contributed by atoms with Gasteiger partial charge in [-0.15, -0.1) is 0 Å².